The summed E-state index contributed by atoms with van der Waals surface area (Å²) in [7, 11) is 0. The van der Waals surface area contributed by atoms with Crippen LogP contribution in [0.2, 0.25) is 0 Å². The number of rotatable bonds is 16. The van der Waals surface area contributed by atoms with Gasteiger partial charge in [-0.25, -0.2) is 0 Å². The summed E-state index contributed by atoms with van der Waals surface area (Å²) in [5.41, 5.74) is 0. The average molecular weight is 387 g/mol. The molecule has 1 N–H and O–H groups in total. The van der Waals surface area contributed by atoms with Crippen molar-refractivity contribution in [2.24, 2.45) is 0 Å². The summed E-state index contributed by atoms with van der Waals surface area (Å²) >= 11 is 0. The van der Waals surface area contributed by atoms with Crippen molar-refractivity contribution in [3.05, 3.63) is 0 Å². The van der Waals surface area contributed by atoms with Gasteiger partial charge in [0.15, 0.2) is 0 Å². The maximum absolute atomic E-state index is 10.3. The zero-order valence-corrected chi connectivity index (χ0v) is 15.6. The van der Waals surface area contributed by atoms with E-state index in [1.54, 1.807) is 0 Å². The monoisotopic (exact) mass is 387 g/mol. The molecule has 21 heavy (non-hydrogen) atoms. The summed E-state index contributed by atoms with van der Waals surface area (Å²) in [6.07, 6.45) is 20.2. The zero-order valence-electron chi connectivity index (χ0n) is 14.0. The summed E-state index contributed by atoms with van der Waals surface area (Å²) in [4.78, 5) is 10.3. The molecule has 0 fully saturated rings. The van der Waals surface area contributed by atoms with Crippen molar-refractivity contribution >= 4 is 5.97 Å². The van der Waals surface area contributed by atoms with Crippen LogP contribution in [0.4, 0.5) is 0 Å². The Morgan fingerprint density at radius 3 is 1.19 bits per heavy atom. The summed E-state index contributed by atoms with van der Waals surface area (Å²) in [5, 5.41) is 8.52. The van der Waals surface area contributed by atoms with Crippen molar-refractivity contribution in [1.82, 2.24) is 0 Å². The Kier molecular flexibility index (Phi) is 22.4. The van der Waals surface area contributed by atoms with E-state index in [1.165, 1.54) is 83.5 Å². The van der Waals surface area contributed by atoms with Crippen LogP contribution in [0.25, 0.3) is 0 Å². The Balaban J connectivity index is 0. The van der Waals surface area contributed by atoms with Crippen molar-refractivity contribution in [3.63, 3.8) is 0 Å². The van der Waals surface area contributed by atoms with E-state index in [4.69, 9.17) is 5.11 Å². The molecule has 1 radical (unpaired) electrons. The van der Waals surface area contributed by atoms with Gasteiger partial charge in [-0.15, -0.1) is 0 Å². The predicted molar refractivity (Wildman–Crippen MR) is 87.2 cm³/mol. The molecule has 0 amide bonds. The second kappa shape index (κ2) is 20.1. The molecule has 0 aromatic carbocycles. The van der Waals surface area contributed by atoms with Crippen LogP contribution >= 0.6 is 0 Å². The maximum atomic E-state index is 10.3. The number of aliphatic carboxylic acids is 1. The fourth-order valence-electron chi connectivity index (χ4n) is 2.65. The molecule has 0 bridgehead atoms. The van der Waals surface area contributed by atoms with E-state index in [-0.39, 0.29) is 19.5 Å². The Morgan fingerprint density at radius 1 is 0.619 bits per heavy atom. The van der Waals surface area contributed by atoms with E-state index in [0.29, 0.717) is 6.42 Å². The first-order chi connectivity index (χ1) is 9.77. The van der Waals surface area contributed by atoms with Crippen LogP contribution in [0.5, 0.6) is 0 Å². The zero-order chi connectivity index (χ0) is 14.9. The first-order valence-electron chi connectivity index (χ1n) is 8.99. The maximum Gasteiger partial charge on any atom is 0.303 e. The van der Waals surface area contributed by atoms with Crippen molar-refractivity contribution in [2.75, 3.05) is 0 Å². The molecular weight excluding hydrogens is 351 g/mol. The van der Waals surface area contributed by atoms with E-state index in [9.17, 15) is 4.79 Å². The topological polar surface area (TPSA) is 37.3 Å². The van der Waals surface area contributed by atoms with Gasteiger partial charge < -0.3 is 5.11 Å². The normalized spacial score (nSPS) is 10.3. The van der Waals surface area contributed by atoms with Crippen LogP contribution in [0, 0.1) is 0 Å². The number of unbranched alkanes of at least 4 members (excludes halogenated alkanes) is 14. The minimum atomic E-state index is -0.653. The SMILES string of the molecule is CCCCCCCCCCCCCCCCCC(=O)O.[Rh]. The van der Waals surface area contributed by atoms with Crippen LogP contribution in [-0.4, -0.2) is 11.1 Å². The van der Waals surface area contributed by atoms with Crippen LogP contribution in [-0.2, 0) is 24.3 Å². The van der Waals surface area contributed by atoms with Gasteiger partial charge >= 0.3 is 5.97 Å². The Labute approximate surface area is 145 Å². The number of carboxylic acid groups (broad SMARTS) is 1. The third kappa shape index (κ3) is 22.5. The van der Waals surface area contributed by atoms with Crippen molar-refractivity contribution in [1.29, 1.82) is 0 Å². The summed E-state index contributed by atoms with van der Waals surface area (Å²) in [5.74, 6) is -0.653. The van der Waals surface area contributed by atoms with Gasteiger partial charge in [0.1, 0.15) is 0 Å². The van der Waals surface area contributed by atoms with E-state index >= 15 is 0 Å². The summed E-state index contributed by atoms with van der Waals surface area (Å²) in [6.45, 7) is 2.27. The van der Waals surface area contributed by atoms with E-state index in [0.717, 1.165) is 12.8 Å². The Bertz CT molecular complexity index is 207. The molecule has 0 spiro atoms. The number of hydrogen-bond donors (Lipinski definition) is 1. The molecule has 0 aliphatic heterocycles. The van der Waals surface area contributed by atoms with Crippen LogP contribution < -0.4 is 0 Å². The molecular formula is C18H36O2Rh. The quantitative estimate of drug-likeness (QED) is 0.248. The summed E-state index contributed by atoms with van der Waals surface area (Å²) < 4.78 is 0. The molecule has 129 valence electrons. The molecule has 0 aromatic rings. The molecule has 2 nitrogen and oxygen atoms in total. The van der Waals surface area contributed by atoms with Gasteiger partial charge in [-0.3, -0.25) is 4.79 Å². The fraction of sp³-hybridized carbons (Fsp3) is 0.944. The third-order valence-electron chi connectivity index (χ3n) is 3.99. The van der Waals surface area contributed by atoms with Gasteiger partial charge in [-0.05, 0) is 6.42 Å². The number of carbonyl (C=O) groups is 1. The second-order valence-electron chi connectivity index (χ2n) is 6.09. The molecule has 0 saturated carbocycles. The predicted octanol–water partition coefficient (Wildman–Crippen LogP) is 6.33. The van der Waals surface area contributed by atoms with E-state index in [2.05, 4.69) is 6.92 Å². The van der Waals surface area contributed by atoms with E-state index < -0.39 is 5.97 Å². The minimum absolute atomic E-state index is 0. The molecule has 0 aliphatic rings. The van der Waals surface area contributed by atoms with Crippen molar-refractivity contribution in [2.45, 2.75) is 110 Å². The standard InChI is InChI=1S/C18H36O2.Rh/c1-2-3-4-5-6-7-8-9-10-11-12-13-14-15-16-17-18(19)20;/h2-17H2,1H3,(H,19,20);. The third-order valence-corrected chi connectivity index (χ3v) is 3.99. The van der Waals surface area contributed by atoms with Gasteiger partial charge in [-0.1, -0.05) is 96.8 Å². The molecule has 0 saturated heterocycles. The molecule has 0 heterocycles. The van der Waals surface area contributed by atoms with Crippen LogP contribution in [0.15, 0.2) is 0 Å². The molecule has 0 aromatic heterocycles. The largest absolute Gasteiger partial charge is 0.481 e. The van der Waals surface area contributed by atoms with Crippen molar-refractivity contribution < 1.29 is 29.4 Å². The van der Waals surface area contributed by atoms with Gasteiger partial charge in [0.25, 0.3) is 0 Å². The molecule has 0 rings (SSSR count). The van der Waals surface area contributed by atoms with Gasteiger partial charge in [-0.2, -0.15) is 0 Å². The van der Waals surface area contributed by atoms with Gasteiger partial charge in [0, 0.05) is 25.9 Å². The average Bonchev–Trinajstić information content (AvgIpc) is 2.43. The smallest absolute Gasteiger partial charge is 0.303 e. The summed E-state index contributed by atoms with van der Waals surface area (Å²) in [6, 6.07) is 0. The second-order valence-corrected chi connectivity index (χ2v) is 6.09. The number of hydrogen-bond acceptors (Lipinski definition) is 1. The molecule has 3 heteroatoms. The van der Waals surface area contributed by atoms with Crippen LogP contribution in [0.3, 0.4) is 0 Å². The van der Waals surface area contributed by atoms with Crippen molar-refractivity contribution in [3.8, 4) is 0 Å². The van der Waals surface area contributed by atoms with Gasteiger partial charge in [0.05, 0.1) is 0 Å². The van der Waals surface area contributed by atoms with E-state index in [1.807, 2.05) is 0 Å². The molecule has 0 unspecified atom stereocenters. The molecule has 0 atom stereocenters. The first kappa shape index (κ1) is 23.4. The minimum Gasteiger partial charge on any atom is -0.481 e. The molecule has 0 aliphatic carbocycles. The number of carboxylic acids is 1. The first-order valence-corrected chi connectivity index (χ1v) is 8.99. The fourth-order valence-corrected chi connectivity index (χ4v) is 2.65. The van der Waals surface area contributed by atoms with Gasteiger partial charge in [0.2, 0.25) is 0 Å². The Morgan fingerprint density at radius 2 is 0.905 bits per heavy atom. The Hall–Kier alpha value is 0.0934. The van der Waals surface area contributed by atoms with Crippen LogP contribution in [0.1, 0.15) is 110 Å².